The highest BCUT2D eigenvalue weighted by Crippen LogP contribution is 2.36. The lowest BCUT2D eigenvalue weighted by atomic mass is 9.93. The van der Waals surface area contributed by atoms with Crippen LogP contribution >= 0.6 is 0 Å². The normalized spacial score (nSPS) is 18.0. The van der Waals surface area contributed by atoms with Gasteiger partial charge in [0.25, 0.3) is 0 Å². The van der Waals surface area contributed by atoms with E-state index in [4.69, 9.17) is 14.6 Å². The maximum Gasteiger partial charge on any atom is 0.306 e. The molecule has 1 aliphatic heterocycles. The number of carbonyl (C=O) groups is 1. The van der Waals surface area contributed by atoms with Crippen LogP contribution in [0.3, 0.4) is 0 Å². The Hall–Kier alpha value is -1.75. The minimum atomic E-state index is -0.674. The molecule has 1 aliphatic rings. The van der Waals surface area contributed by atoms with Crippen LogP contribution < -0.4 is 9.47 Å². The second-order valence-electron chi connectivity index (χ2n) is 5.68. The number of hydrogen-bond donors (Lipinski definition) is 1. The van der Waals surface area contributed by atoms with Gasteiger partial charge < -0.3 is 14.6 Å². The van der Waals surface area contributed by atoms with E-state index in [1.807, 2.05) is 18.2 Å². The van der Waals surface area contributed by atoms with E-state index in [2.05, 4.69) is 11.8 Å². The van der Waals surface area contributed by atoms with Gasteiger partial charge in [0.2, 0.25) is 0 Å². The predicted octanol–water partition coefficient (Wildman–Crippen LogP) is 2.95. The molecule has 0 amide bonds. The summed E-state index contributed by atoms with van der Waals surface area (Å²) in [5, 5.41) is 9.13. The number of hydrogen-bond acceptors (Lipinski definition) is 4. The van der Waals surface area contributed by atoms with Crippen LogP contribution in [0.2, 0.25) is 0 Å². The number of aliphatic carboxylic acids is 1. The lowest BCUT2D eigenvalue weighted by Gasteiger charge is -2.37. The molecule has 1 aromatic rings. The number of likely N-dealkylation sites (tertiary alicyclic amines) is 1. The molecule has 0 saturated carbocycles. The molecule has 1 saturated heterocycles. The summed E-state index contributed by atoms with van der Waals surface area (Å²) >= 11 is 0. The fourth-order valence-corrected chi connectivity index (χ4v) is 3.23. The maximum absolute atomic E-state index is 11.1. The average molecular weight is 307 g/mol. The van der Waals surface area contributed by atoms with Crippen molar-refractivity contribution < 1.29 is 19.4 Å². The van der Waals surface area contributed by atoms with E-state index in [9.17, 15) is 4.79 Å². The number of carboxylic acids is 1. The SMILES string of the molecule is CCC(c1cc(OC)ccc1OC)N1CCC(C(=O)O)CC1. The number of benzene rings is 1. The van der Waals surface area contributed by atoms with Gasteiger partial charge in [-0.1, -0.05) is 6.92 Å². The number of methoxy groups -OCH3 is 2. The number of ether oxygens (including phenoxy) is 2. The third kappa shape index (κ3) is 3.53. The molecule has 0 aliphatic carbocycles. The van der Waals surface area contributed by atoms with Gasteiger partial charge in [-0.05, 0) is 50.6 Å². The second-order valence-corrected chi connectivity index (χ2v) is 5.68. The van der Waals surface area contributed by atoms with Gasteiger partial charge in [0.15, 0.2) is 0 Å². The molecule has 0 spiro atoms. The first-order valence-corrected chi connectivity index (χ1v) is 7.79. The summed E-state index contributed by atoms with van der Waals surface area (Å²) in [5.74, 6) is 0.787. The molecule has 22 heavy (non-hydrogen) atoms. The van der Waals surface area contributed by atoms with Crippen molar-refractivity contribution in [1.82, 2.24) is 4.90 Å². The lowest BCUT2D eigenvalue weighted by molar-refractivity contribution is -0.143. The Morgan fingerprint density at radius 1 is 1.32 bits per heavy atom. The third-order valence-electron chi connectivity index (χ3n) is 4.50. The number of nitrogens with zero attached hydrogens (tertiary/aromatic N) is 1. The van der Waals surface area contributed by atoms with Crippen LogP contribution in [0, 0.1) is 5.92 Å². The van der Waals surface area contributed by atoms with Crippen molar-refractivity contribution in [2.75, 3.05) is 27.3 Å². The molecule has 1 atom stereocenters. The summed E-state index contributed by atoms with van der Waals surface area (Å²) in [7, 11) is 3.33. The minimum absolute atomic E-state index is 0.207. The fourth-order valence-electron chi connectivity index (χ4n) is 3.23. The van der Waals surface area contributed by atoms with E-state index in [1.165, 1.54) is 0 Å². The molecular formula is C17H25NO4. The smallest absolute Gasteiger partial charge is 0.306 e. The summed E-state index contributed by atoms with van der Waals surface area (Å²) in [5.41, 5.74) is 1.11. The molecule has 122 valence electrons. The van der Waals surface area contributed by atoms with Crippen molar-refractivity contribution >= 4 is 5.97 Å². The molecule has 1 heterocycles. The first-order valence-electron chi connectivity index (χ1n) is 7.79. The highest BCUT2D eigenvalue weighted by Gasteiger charge is 2.29. The summed E-state index contributed by atoms with van der Waals surface area (Å²) in [6.07, 6.45) is 2.36. The molecular weight excluding hydrogens is 282 g/mol. The second kappa shape index (κ2) is 7.49. The topological polar surface area (TPSA) is 59.0 Å². The highest BCUT2D eigenvalue weighted by molar-refractivity contribution is 5.70. The molecule has 1 N–H and O–H groups in total. The molecule has 2 rings (SSSR count). The van der Waals surface area contributed by atoms with Gasteiger partial charge in [0, 0.05) is 11.6 Å². The van der Waals surface area contributed by atoms with Crippen molar-refractivity contribution in [3.63, 3.8) is 0 Å². The highest BCUT2D eigenvalue weighted by atomic mass is 16.5. The Kier molecular flexibility index (Phi) is 5.66. The molecule has 0 aromatic heterocycles. The number of piperidine rings is 1. The Labute approximate surface area is 131 Å². The van der Waals surface area contributed by atoms with Crippen LogP contribution in [0.4, 0.5) is 0 Å². The summed E-state index contributed by atoms with van der Waals surface area (Å²) < 4.78 is 10.8. The Balaban J connectivity index is 2.20. The van der Waals surface area contributed by atoms with Gasteiger partial charge >= 0.3 is 5.97 Å². The van der Waals surface area contributed by atoms with Gasteiger partial charge in [-0.25, -0.2) is 0 Å². The van der Waals surface area contributed by atoms with Crippen LogP contribution in [0.25, 0.3) is 0 Å². The molecule has 1 aromatic carbocycles. The van der Waals surface area contributed by atoms with Crippen molar-refractivity contribution in [1.29, 1.82) is 0 Å². The average Bonchev–Trinajstić information content (AvgIpc) is 2.56. The first kappa shape index (κ1) is 16.6. The van der Waals surface area contributed by atoms with Crippen molar-refractivity contribution in [3.8, 4) is 11.5 Å². The largest absolute Gasteiger partial charge is 0.497 e. The lowest BCUT2D eigenvalue weighted by Crippen LogP contribution is -2.38. The molecule has 0 radical (unpaired) electrons. The van der Waals surface area contributed by atoms with Gasteiger partial charge in [0.05, 0.1) is 20.1 Å². The standard InChI is InChI=1S/C17H25NO4/c1-4-15(18-9-7-12(8-10-18)17(19)20)14-11-13(21-2)5-6-16(14)22-3/h5-6,11-12,15H,4,7-10H2,1-3H3,(H,19,20). The van der Waals surface area contributed by atoms with E-state index in [1.54, 1.807) is 14.2 Å². The van der Waals surface area contributed by atoms with Gasteiger partial charge in [-0.15, -0.1) is 0 Å². The molecule has 1 unspecified atom stereocenters. The molecule has 0 bridgehead atoms. The Bertz CT molecular complexity index is 509. The van der Waals surface area contributed by atoms with E-state index in [0.717, 1.165) is 36.6 Å². The monoisotopic (exact) mass is 307 g/mol. The number of rotatable bonds is 6. The first-order chi connectivity index (χ1) is 10.6. The van der Waals surface area contributed by atoms with Crippen LogP contribution in [-0.4, -0.2) is 43.3 Å². The minimum Gasteiger partial charge on any atom is -0.497 e. The van der Waals surface area contributed by atoms with Gasteiger partial charge in [-0.2, -0.15) is 0 Å². The zero-order valence-electron chi connectivity index (χ0n) is 13.5. The maximum atomic E-state index is 11.1. The quantitative estimate of drug-likeness (QED) is 0.875. The van der Waals surface area contributed by atoms with Crippen LogP contribution in [0.5, 0.6) is 11.5 Å². The number of carboxylic acid groups (broad SMARTS) is 1. The molecule has 1 fully saturated rings. The zero-order chi connectivity index (χ0) is 16.1. The predicted molar refractivity (Wildman–Crippen MR) is 84.5 cm³/mol. The summed E-state index contributed by atoms with van der Waals surface area (Å²) in [6, 6.07) is 6.07. The van der Waals surface area contributed by atoms with E-state index in [0.29, 0.717) is 12.8 Å². The van der Waals surface area contributed by atoms with Crippen molar-refractivity contribution in [2.24, 2.45) is 5.92 Å². The van der Waals surface area contributed by atoms with Crippen molar-refractivity contribution in [3.05, 3.63) is 23.8 Å². The van der Waals surface area contributed by atoms with Crippen LogP contribution in [0.1, 0.15) is 37.8 Å². The zero-order valence-corrected chi connectivity index (χ0v) is 13.5. The van der Waals surface area contributed by atoms with E-state index < -0.39 is 5.97 Å². The third-order valence-corrected chi connectivity index (χ3v) is 4.50. The summed E-state index contributed by atoms with van der Waals surface area (Å²) in [4.78, 5) is 13.5. The van der Waals surface area contributed by atoms with E-state index in [-0.39, 0.29) is 12.0 Å². The van der Waals surface area contributed by atoms with Gasteiger partial charge in [0.1, 0.15) is 11.5 Å². The van der Waals surface area contributed by atoms with E-state index >= 15 is 0 Å². The van der Waals surface area contributed by atoms with Gasteiger partial charge in [-0.3, -0.25) is 9.69 Å². The van der Waals surface area contributed by atoms with Crippen LogP contribution in [-0.2, 0) is 4.79 Å². The molecule has 5 heteroatoms. The van der Waals surface area contributed by atoms with Crippen molar-refractivity contribution in [2.45, 2.75) is 32.2 Å². The summed E-state index contributed by atoms with van der Waals surface area (Å²) in [6.45, 7) is 3.75. The van der Waals surface area contributed by atoms with Crippen LogP contribution in [0.15, 0.2) is 18.2 Å². The Morgan fingerprint density at radius 2 is 2.00 bits per heavy atom. The fraction of sp³-hybridized carbons (Fsp3) is 0.588. The molecule has 5 nitrogen and oxygen atoms in total. The Morgan fingerprint density at radius 3 is 2.50 bits per heavy atom.